The van der Waals surface area contributed by atoms with Gasteiger partial charge in [-0.25, -0.2) is 4.68 Å². The molecule has 5 heteroatoms. The van der Waals surface area contributed by atoms with Crippen LogP contribution in [-0.4, -0.2) is 38.2 Å². The molecule has 0 radical (unpaired) electrons. The number of hydrogen-bond acceptors (Lipinski definition) is 2. The molecule has 1 fully saturated rings. The summed E-state index contributed by atoms with van der Waals surface area (Å²) in [4.78, 5) is 15.1. The molecule has 1 aliphatic heterocycles. The van der Waals surface area contributed by atoms with E-state index in [0.717, 1.165) is 54.1 Å². The molecule has 2 aromatic heterocycles. The van der Waals surface area contributed by atoms with Crippen LogP contribution in [0.15, 0.2) is 42.6 Å². The molecule has 0 aliphatic carbocycles. The first-order chi connectivity index (χ1) is 12.5. The Morgan fingerprint density at radius 2 is 1.85 bits per heavy atom. The standard InChI is InChI=1S/C21H24N4O/c1-15-8-9-16(2)19(13-15)25-20(21(26)24-11-4-5-12-24)14-17(22-25)18-7-6-10-23(18)3/h6-10,13-14H,4-5,11-12H2,1-3H3. The van der Waals surface area contributed by atoms with Crippen LogP contribution in [0.1, 0.15) is 34.5 Å². The molecule has 1 saturated heterocycles. The van der Waals surface area contributed by atoms with Crippen molar-refractivity contribution in [2.75, 3.05) is 13.1 Å². The summed E-state index contributed by atoms with van der Waals surface area (Å²) < 4.78 is 3.85. The van der Waals surface area contributed by atoms with Crippen LogP contribution in [0.25, 0.3) is 17.1 Å². The van der Waals surface area contributed by atoms with Crippen molar-refractivity contribution in [1.82, 2.24) is 19.2 Å². The highest BCUT2D eigenvalue weighted by Gasteiger charge is 2.25. The van der Waals surface area contributed by atoms with Crippen molar-refractivity contribution in [2.24, 2.45) is 7.05 Å². The summed E-state index contributed by atoms with van der Waals surface area (Å²) in [6.45, 7) is 5.78. The van der Waals surface area contributed by atoms with E-state index in [0.29, 0.717) is 5.69 Å². The largest absolute Gasteiger partial charge is 0.349 e. The van der Waals surface area contributed by atoms with Gasteiger partial charge in [-0.2, -0.15) is 5.10 Å². The van der Waals surface area contributed by atoms with Gasteiger partial charge in [0.2, 0.25) is 0 Å². The van der Waals surface area contributed by atoms with Crippen molar-refractivity contribution in [2.45, 2.75) is 26.7 Å². The Morgan fingerprint density at radius 3 is 2.54 bits per heavy atom. The number of benzene rings is 1. The molecule has 5 nitrogen and oxygen atoms in total. The summed E-state index contributed by atoms with van der Waals surface area (Å²) in [7, 11) is 1.99. The van der Waals surface area contributed by atoms with E-state index in [9.17, 15) is 4.79 Å². The third kappa shape index (κ3) is 2.83. The van der Waals surface area contributed by atoms with Crippen LogP contribution in [0.5, 0.6) is 0 Å². The molecule has 3 aromatic rings. The highest BCUT2D eigenvalue weighted by Crippen LogP contribution is 2.25. The van der Waals surface area contributed by atoms with Crippen LogP contribution in [0.2, 0.25) is 0 Å². The molecule has 1 aliphatic rings. The minimum absolute atomic E-state index is 0.0661. The van der Waals surface area contributed by atoms with E-state index in [1.807, 2.05) is 45.6 Å². The monoisotopic (exact) mass is 348 g/mol. The van der Waals surface area contributed by atoms with E-state index in [-0.39, 0.29) is 5.91 Å². The van der Waals surface area contributed by atoms with Crippen molar-refractivity contribution in [3.05, 3.63) is 59.4 Å². The molecule has 1 amide bonds. The second-order valence-corrected chi connectivity index (χ2v) is 7.12. The molecule has 0 spiro atoms. The SMILES string of the molecule is Cc1ccc(C)c(-n2nc(-c3cccn3C)cc2C(=O)N2CCCC2)c1. The lowest BCUT2D eigenvalue weighted by molar-refractivity contribution is 0.0784. The third-order valence-electron chi connectivity index (χ3n) is 5.12. The predicted octanol–water partition coefficient (Wildman–Crippen LogP) is 3.73. The average molecular weight is 348 g/mol. The Bertz CT molecular complexity index is 960. The second-order valence-electron chi connectivity index (χ2n) is 7.12. The van der Waals surface area contributed by atoms with Gasteiger partial charge in [0, 0.05) is 26.3 Å². The van der Waals surface area contributed by atoms with E-state index in [1.54, 1.807) is 0 Å². The van der Waals surface area contributed by atoms with Crippen LogP contribution in [-0.2, 0) is 7.05 Å². The number of nitrogens with zero attached hydrogens (tertiary/aromatic N) is 4. The number of carbonyl (C=O) groups excluding carboxylic acids is 1. The highest BCUT2D eigenvalue weighted by molar-refractivity contribution is 5.94. The Morgan fingerprint density at radius 1 is 1.08 bits per heavy atom. The number of amides is 1. The van der Waals surface area contributed by atoms with Crippen molar-refractivity contribution in [3.8, 4) is 17.1 Å². The van der Waals surface area contributed by atoms with Gasteiger partial charge >= 0.3 is 0 Å². The minimum Gasteiger partial charge on any atom is -0.349 e. The summed E-state index contributed by atoms with van der Waals surface area (Å²) in [5.74, 6) is 0.0661. The number of aryl methyl sites for hydroxylation is 3. The Kier molecular flexibility index (Phi) is 4.15. The highest BCUT2D eigenvalue weighted by atomic mass is 16.2. The van der Waals surface area contributed by atoms with Crippen molar-refractivity contribution < 1.29 is 4.79 Å². The van der Waals surface area contributed by atoms with Crippen molar-refractivity contribution in [1.29, 1.82) is 0 Å². The summed E-state index contributed by atoms with van der Waals surface area (Å²) in [5.41, 5.74) is 5.68. The number of aromatic nitrogens is 3. The Hall–Kier alpha value is -2.82. The van der Waals surface area contributed by atoms with Crippen LogP contribution >= 0.6 is 0 Å². The quantitative estimate of drug-likeness (QED) is 0.724. The number of likely N-dealkylation sites (tertiary alicyclic amines) is 1. The topological polar surface area (TPSA) is 43.1 Å². The molecule has 4 rings (SSSR count). The molecule has 3 heterocycles. The molecular weight excluding hydrogens is 324 g/mol. The number of hydrogen-bond donors (Lipinski definition) is 0. The maximum Gasteiger partial charge on any atom is 0.272 e. The first kappa shape index (κ1) is 16.6. The summed E-state index contributed by atoms with van der Waals surface area (Å²) in [6.07, 6.45) is 4.15. The zero-order valence-electron chi connectivity index (χ0n) is 15.6. The van der Waals surface area contributed by atoms with Crippen LogP contribution in [0.3, 0.4) is 0 Å². The van der Waals surface area contributed by atoms with Crippen LogP contribution in [0, 0.1) is 13.8 Å². The Balaban J connectivity index is 1.88. The number of rotatable bonds is 3. The van der Waals surface area contributed by atoms with E-state index in [1.165, 1.54) is 0 Å². The van der Waals surface area contributed by atoms with E-state index in [2.05, 4.69) is 32.0 Å². The lowest BCUT2D eigenvalue weighted by Crippen LogP contribution is -2.29. The van der Waals surface area contributed by atoms with E-state index >= 15 is 0 Å². The zero-order chi connectivity index (χ0) is 18.3. The van der Waals surface area contributed by atoms with Gasteiger partial charge in [-0.15, -0.1) is 0 Å². The van der Waals surface area contributed by atoms with Crippen LogP contribution in [0.4, 0.5) is 0 Å². The molecule has 26 heavy (non-hydrogen) atoms. The fourth-order valence-corrected chi connectivity index (χ4v) is 3.60. The van der Waals surface area contributed by atoms with Crippen molar-refractivity contribution >= 4 is 5.91 Å². The molecule has 1 aromatic carbocycles. The maximum atomic E-state index is 13.2. The average Bonchev–Trinajstić information content (AvgIpc) is 3.36. The van der Waals surface area contributed by atoms with Gasteiger partial charge in [-0.05, 0) is 62.1 Å². The predicted molar refractivity (Wildman–Crippen MR) is 103 cm³/mol. The van der Waals surface area contributed by atoms with E-state index < -0.39 is 0 Å². The fourth-order valence-electron chi connectivity index (χ4n) is 3.60. The van der Waals surface area contributed by atoms with Crippen molar-refractivity contribution in [3.63, 3.8) is 0 Å². The van der Waals surface area contributed by atoms with Gasteiger partial charge in [0.05, 0.1) is 11.4 Å². The normalized spacial score (nSPS) is 14.2. The second kappa shape index (κ2) is 6.48. The molecule has 0 N–H and O–H groups in total. The van der Waals surface area contributed by atoms with Gasteiger partial charge in [-0.3, -0.25) is 4.79 Å². The van der Waals surface area contributed by atoms with Gasteiger partial charge < -0.3 is 9.47 Å². The summed E-state index contributed by atoms with van der Waals surface area (Å²) in [5, 5.41) is 4.83. The molecule has 134 valence electrons. The molecule has 0 saturated carbocycles. The summed E-state index contributed by atoms with van der Waals surface area (Å²) in [6, 6.07) is 12.2. The molecular formula is C21H24N4O. The molecule has 0 unspecified atom stereocenters. The minimum atomic E-state index is 0.0661. The molecule has 0 bridgehead atoms. The van der Waals surface area contributed by atoms with Crippen LogP contribution < -0.4 is 0 Å². The fraction of sp³-hybridized carbons (Fsp3) is 0.333. The summed E-state index contributed by atoms with van der Waals surface area (Å²) >= 11 is 0. The number of carbonyl (C=O) groups is 1. The maximum absolute atomic E-state index is 13.2. The van der Waals surface area contributed by atoms with Gasteiger partial charge in [0.25, 0.3) is 5.91 Å². The van der Waals surface area contributed by atoms with E-state index in [4.69, 9.17) is 5.10 Å². The first-order valence-corrected chi connectivity index (χ1v) is 9.13. The third-order valence-corrected chi connectivity index (χ3v) is 5.12. The molecule has 0 atom stereocenters. The smallest absolute Gasteiger partial charge is 0.272 e. The van der Waals surface area contributed by atoms with Gasteiger partial charge in [0.1, 0.15) is 11.4 Å². The Labute approximate surface area is 153 Å². The lowest BCUT2D eigenvalue weighted by atomic mass is 10.1. The first-order valence-electron chi connectivity index (χ1n) is 9.13. The zero-order valence-corrected chi connectivity index (χ0v) is 15.6. The van der Waals surface area contributed by atoms with Gasteiger partial charge in [0.15, 0.2) is 0 Å². The van der Waals surface area contributed by atoms with Gasteiger partial charge in [-0.1, -0.05) is 12.1 Å². The lowest BCUT2D eigenvalue weighted by Gasteiger charge is -2.17.